The van der Waals surface area contributed by atoms with Crippen molar-refractivity contribution < 1.29 is 18.3 Å². The number of hydrogen-bond donors (Lipinski definition) is 3. The second kappa shape index (κ2) is 6.49. The molecular formula is C13H8Br2F2N2O3. The van der Waals surface area contributed by atoms with Crippen LogP contribution >= 0.6 is 31.9 Å². The Bertz CT molecular complexity index is 801. The lowest BCUT2D eigenvalue weighted by atomic mass is 10.3. The number of hydrogen-bond acceptors (Lipinski definition) is 4. The zero-order chi connectivity index (χ0) is 16.4. The lowest BCUT2D eigenvalue weighted by Gasteiger charge is -1.98. The van der Waals surface area contributed by atoms with Crippen LogP contribution in [-0.2, 0) is 0 Å². The van der Waals surface area contributed by atoms with Gasteiger partial charge in [0.2, 0.25) is 0 Å². The van der Waals surface area contributed by atoms with E-state index in [-0.39, 0.29) is 21.5 Å². The number of anilines is 1. The predicted molar refractivity (Wildman–Crippen MR) is 84.7 cm³/mol. The summed E-state index contributed by atoms with van der Waals surface area (Å²) in [5, 5.41) is 8.84. The van der Waals surface area contributed by atoms with Crippen molar-refractivity contribution in [3.05, 3.63) is 55.4 Å². The number of aromatic hydroxyl groups is 1. The van der Waals surface area contributed by atoms with E-state index < -0.39 is 17.4 Å². The fourth-order valence-corrected chi connectivity index (χ4v) is 2.20. The van der Waals surface area contributed by atoms with E-state index in [1.165, 1.54) is 12.1 Å². The minimum Gasteiger partial charge on any atom is -0.506 e. The van der Waals surface area contributed by atoms with Crippen molar-refractivity contribution >= 4 is 48.6 Å². The molecule has 3 rings (SSSR count). The second-order valence-electron chi connectivity index (χ2n) is 4.10. The molecule has 0 bridgehead atoms. The molecule has 2 aromatic carbocycles. The minimum absolute atomic E-state index is 0.160. The van der Waals surface area contributed by atoms with Crippen LogP contribution in [0.3, 0.4) is 0 Å². The lowest BCUT2D eigenvalue weighted by molar-refractivity contribution is 0.471. The largest absolute Gasteiger partial charge is 0.506 e. The van der Waals surface area contributed by atoms with Crippen LogP contribution in [0.1, 0.15) is 0 Å². The molecule has 5 nitrogen and oxygen atoms in total. The highest BCUT2D eigenvalue weighted by Gasteiger charge is 2.05. The molecule has 9 heteroatoms. The van der Waals surface area contributed by atoms with Gasteiger partial charge in [-0.2, -0.15) is 0 Å². The van der Waals surface area contributed by atoms with Crippen molar-refractivity contribution in [3.63, 3.8) is 0 Å². The monoisotopic (exact) mass is 436 g/mol. The van der Waals surface area contributed by atoms with Crippen molar-refractivity contribution in [1.29, 1.82) is 0 Å². The average molecular weight is 438 g/mol. The van der Waals surface area contributed by atoms with E-state index in [2.05, 4.69) is 41.3 Å². The normalized spacial score (nSPS) is 10.4. The summed E-state index contributed by atoms with van der Waals surface area (Å²) in [4.78, 5) is 13.1. The summed E-state index contributed by atoms with van der Waals surface area (Å²) < 4.78 is 30.5. The predicted octanol–water partition coefficient (Wildman–Crippen LogP) is 3.90. The number of nitrogens with one attached hydrogen (secondary N) is 1. The Morgan fingerprint density at radius 3 is 2.32 bits per heavy atom. The summed E-state index contributed by atoms with van der Waals surface area (Å²) in [6, 6.07) is 4.87. The number of benzene rings is 2. The molecule has 0 saturated carbocycles. The summed E-state index contributed by atoms with van der Waals surface area (Å²) in [6.07, 6.45) is 0. The van der Waals surface area contributed by atoms with Gasteiger partial charge in [-0.1, -0.05) is 0 Å². The van der Waals surface area contributed by atoms with Gasteiger partial charge in [-0.25, -0.2) is 13.6 Å². The van der Waals surface area contributed by atoms with Gasteiger partial charge in [0, 0.05) is 12.1 Å². The van der Waals surface area contributed by atoms with Gasteiger partial charge in [0.05, 0.1) is 20.1 Å². The second-order valence-corrected chi connectivity index (χ2v) is 5.81. The average Bonchev–Trinajstić information content (AvgIpc) is 2.77. The molecular weight excluding hydrogens is 430 g/mol. The van der Waals surface area contributed by atoms with E-state index in [0.717, 1.165) is 12.1 Å². The maximum absolute atomic E-state index is 12.8. The van der Waals surface area contributed by atoms with Crippen LogP contribution < -0.4 is 11.5 Å². The Hall–Kier alpha value is -1.87. The van der Waals surface area contributed by atoms with Gasteiger partial charge >= 0.3 is 5.76 Å². The van der Waals surface area contributed by atoms with E-state index in [9.17, 15) is 13.6 Å². The highest BCUT2D eigenvalue weighted by Crippen LogP contribution is 2.26. The molecule has 0 fully saturated rings. The fourth-order valence-electron chi connectivity index (χ4n) is 1.50. The Morgan fingerprint density at radius 1 is 1.09 bits per heavy atom. The number of nitrogen functional groups attached to an aromatic ring is 1. The molecule has 0 atom stereocenters. The van der Waals surface area contributed by atoms with Crippen molar-refractivity contribution in [2.24, 2.45) is 0 Å². The van der Waals surface area contributed by atoms with Crippen LogP contribution in [-0.4, -0.2) is 10.1 Å². The molecule has 1 heterocycles. The number of fused-ring (bicyclic) bond motifs is 1. The minimum atomic E-state index is -0.581. The van der Waals surface area contributed by atoms with Gasteiger partial charge in [0.25, 0.3) is 0 Å². The molecule has 0 aliphatic rings. The molecule has 0 aliphatic carbocycles. The van der Waals surface area contributed by atoms with Crippen LogP contribution in [0.2, 0.25) is 0 Å². The molecule has 0 saturated heterocycles. The molecule has 0 unspecified atom stereocenters. The fraction of sp³-hybridized carbons (Fsp3) is 0. The standard InChI is InChI=1S/C7H3BrFNO2.C6H5BrFNO/c8-3-1-5-6(2-4(3)9)12-7(11)10-5;7-3-1-5(9)6(10)2-4(3)8/h1-2H,(H,10,11);1-2,10H,9H2. The van der Waals surface area contributed by atoms with E-state index in [1.54, 1.807) is 0 Å². The molecule has 0 amide bonds. The van der Waals surface area contributed by atoms with Crippen molar-refractivity contribution in [1.82, 2.24) is 4.98 Å². The Morgan fingerprint density at radius 2 is 1.68 bits per heavy atom. The van der Waals surface area contributed by atoms with Gasteiger partial charge in [-0.15, -0.1) is 0 Å². The quantitative estimate of drug-likeness (QED) is 0.367. The number of nitrogens with two attached hydrogens (primary N) is 1. The highest BCUT2D eigenvalue weighted by molar-refractivity contribution is 9.10. The van der Waals surface area contributed by atoms with Crippen molar-refractivity contribution in [3.8, 4) is 5.75 Å². The first-order valence-corrected chi connectivity index (χ1v) is 7.28. The summed E-state index contributed by atoms with van der Waals surface area (Å²) in [6.45, 7) is 0. The molecule has 0 spiro atoms. The SMILES string of the molecule is Nc1cc(Br)c(F)cc1O.O=c1[nH]c2cc(Br)c(F)cc2o1. The smallest absolute Gasteiger partial charge is 0.417 e. The van der Waals surface area contributed by atoms with Crippen LogP contribution in [0.25, 0.3) is 11.1 Å². The maximum atomic E-state index is 12.8. The number of phenolic OH excluding ortho intramolecular Hbond substituents is 1. The summed E-state index contributed by atoms with van der Waals surface area (Å²) in [5.41, 5.74) is 6.11. The first-order valence-electron chi connectivity index (χ1n) is 5.69. The van der Waals surface area contributed by atoms with Gasteiger partial charge in [-0.3, -0.25) is 4.98 Å². The number of rotatable bonds is 0. The number of phenols is 1. The molecule has 0 aliphatic heterocycles. The molecule has 4 N–H and O–H groups in total. The van der Waals surface area contributed by atoms with E-state index >= 15 is 0 Å². The first kappa shape index (κ1) is 16.5. The van der Waals surface area contributed by atoms with E-state index in [0.29, 0.717) is 9.99 Å². The third-order valence-corrected chi connectivity index (χ3v) is 3.75. The zero-order valence-corrected chi connectivity index (χ0v) is 13.8. The molecule has 116 valence electrons. The highest BCUT2D eigenvalue weighted by atomic mass is 79.9. The topological polar surface area (TPSA) is 92.2 Å². The van der Waals surface area contributed by atoms with Gasteiger partial charge in [0.1, 0.15) is 17.4 Å². The zero-order valence-electron chi connectivity index (χ0n) is 10.7. The number of aromatic nitrogens is 1. The van der Waals surface area contributed by atoms with E-state index in [1.807, 2.05) is 0 Å². The van der Waals surface area contributed by atoms with Crippen LogP contribution in [0.15, 0.2) is 42.4 Å². The molecule has 22 heavy (non-hydrogen) atoms. The first-order chi connectivity index (χ1) is 10.3. The van der Waals surface area contributed by atoms with Gasteiger partial charge in [-0.05, 0) is 44.0 Å². The number of halogens is 4. The van der Waals surface area contributed by atoms with Gasteiger partial charge < -0.3 is 15.3 Å². The van der Waals surface area contributed by atoms with Crippen LogP contribution in [0.4, 0.5) is 14.5 Å². The summed E-state index contributed by atoms with van der Waals surface area (Å²) >= 11 is 5.90. The molecule has 1 aromatic heterocycles. The molecule has 0 radical (unpaired) electrons. The van der Waals surface area contributed by atoms with Crippen LogP contribution in [0.5, 0.6) is 5.75 Å². The number of oxazole rings is 1. The third-order valence-electron chi connectivity index (χ3n) is 2.53. The number of aromatic amines is 1. The Kier molecular flexibility index (Phi) is 4.87. The summed E-state index contributed by atoms with van der Waals surface area (Å²) in [5.74, 6) is -1.79. The Labute approximate surface area is 139 Å². The maximum Gasteiger partial charge on any atom is 0.417 e. The lowest BCUT2D eigenvalue weighted by Crippen LogP contribution is -1.92. The van der Waals surface area contributed by atoms with E-state index in [4.69, 9.17) is 10.8 Å². The summed E-state index contributed by atoms with van der Waals surface area (Å²) in [7, 11) is 0. The molecule has 3 aromatic rings. The van der Waals surface area contributed by atoms with Crippen molar-refractivity contribution in [2.45, 2.75) is 0 Å². The Balaban J connectivity index is 0.000000164. The van der Waals surface area contributed by atoms with Crippen LogP contribution in [0, 0.1) is 11.6 Å². The number of H-pyrrole nitrogens is 1. The third kappa shape index (κ3) is 3.66. The van der Waals surface area contributed by atoms with Crippen molar-refractivity contribution in [2.75, 3.05) is 5.73 Å². The van der Waals surface area contributed by atoms with Gasteiger partial charge in [0.15, 0.2) is 5.58 Å².